The molecule has 0 aromatic heterocycles. The predicted molar refractivity (Wildman–Crippen MR) is 161 cm³/mol. The highest BCUT2D eigenvalue weighted by atomic mass is 32.2. The molecular weight excluding hydrogens is 546 g/mol. The van der Waals surface area contributed by atoms with Crippen molar-refractivity contribution in [1.29, 1.82) is 0 Å². The van der Waals surface area contributed by atoms with Crippen LogP contribution in [-0.2, 0) is 14.2 Å². The van der Waals surface area contributed by atoms with Crippen LogP contribution in [0, 0.1) is 0 Å². The third-order valence-corrected chi connectivity index (χ3v) is 12.4. The van der Waals surface area contributed by atoms with Gasteiger partial charge < -0.3 is 24.8 Å². The molecule has 4 unspecified atom stereocenters. The number of hydrogen-bond donors (Lipinski definition) is 2. The molecule has 0 aromatic carbocycles. The lowest BCUT2D eigenvalue weighted by atomic mass is 9.95. The van der Waals surface area contributed by atoms with Gasteiger partial charge in [-0.25, -0.2) is 0 Å². The molecule has 40 heavy (non-hydrogen) atoms. The van der Waals surface area contributed by atoms with E-state index >= 15 is 0 Å². The van der Waals surface area contributed by atoms with Crippen molar-refractivity contribution in [2.75, 3.05) is 122 Å². The summed E-state index contributed by atoms with van der Waals surface area (Å²) in [4.78, 5) is 13.4. The second kappa shape index (κ2) is 12.7. The summed E-state index contributed by atoms with van der Waals surface area (Å²) in [7, 11) is 0. The number of rotatable bonds is 6. The summed E-state index contributed by atoms with van der Waals surface area (Å²) in [6.07, 6.45) is 6.28. The van der Waals surface area contributed by atoms with E-state index in [1.54, 1.807) is 0 Å². The molecule has 0 bridgehead atoms. The average molecular weight is 598 g/mol. The summed E-state index contributed by atoms with van der Waals surface area (Å²) in [5.74, 6) is 2.13. The third kappa shape index (κ3) is 4.90. The van der Waals surface area contributed by atoms with Crippen molar-refractivity contribution in [3.05, 3.63) is 0 Å². The van der Waals surface area contributed by atoms with Crippen LogP contribution in [0.4, 0.5) is 0 Å². The number of piperidine rings is 1. The molecule has 0 spiro atoms. The molecule has 10 nitrogen and oxygen atoms in total. The van der Waals surface area contributed by atoms with E-state index in [-0.39, 0.29) is 5.37 Å². The maximum Gasteiger partial charge on any atom is 0.230 e. The van der Waals surface area contributed by atoms with Crippen LogP contribution in [0.3, 0.4) is 0 Å². The number of nitrogens with zero attached hydrogens (tertiary/aromatic N) is 5. The fourth-order valence-electron chi connectivity index (χ4n) is 8.35. The van der Waals surface area contributed by atoms with Crippen LogP contribution < -0.4 is 10.6 Å². The van der Waals surface area contributed by atoms with Gasteiger partial charge in [-0.1, -0.05) is 6.42 Å². The van der Waals surface area contributed by atoms with Crippen LogP contribution in [0.2, 0.25) is 0 Å². The number of hydrogen-bond acceptors (Lipinski definition) is 12. The smallest absolute Gasteiger partial charge is 0.230 e. The molecular formula is C28H51N7O3S2. The number of nitrogens with one attached hydrogen (secondary N) is 2. The Balaban J connectivity index is 1.41. The first kappa shape index (κ1) is 29.0. The van der Waals surface area contributed by atoms with Crippen molar-refractivity contribution >= 4 is 23.5 Å². The molecule has 4 atom stereocenters. The maximum atomic E-state index is 8.24. The van der Waals surface area contributed by atoms with Crippen LogP contribution in [0.15, 0.2) is 0 Å². The van der Waals surface area contributed by atoms with Gasteiger partial charge in [0.25, 0.3) is 0 Å². The van der Waals surface area contributed by atoms with Gasteiger partial charge in [-0.15, -0.1) is 11.8 Å². The molecule has 0 aromatic rings. The molecule has 0 aliphatic carbocycles. The van der Waals surface area contributed by atoms with Crippen LogP contribution in [0.1, 0.15) is 32.1 Å². The third-order valence-electron chi connectivity index (χ3n) is 10.2. The fourth-order valence-corrected chi connectivity index (χ4v) is 10.6. The molecule has 12 heteroatoms. The molecule has 0 amide bonds. The molecule has 7 aliphatic rings. The Labute approximate surface area is 249 Å². The Morgan fingerprint density at radius 2 is 1.27 bits per heavy atom. The molecule has 7 rings (SSSR count). The molecule has 7 heterocycles. The first-order chi connectivity index (χ1) is 19.8. The van der Waals surface area contributed by atoms with Crippen molar-refractivity contribution < 1.29 is 14.2 Å². The quantitative estimate of drug-likeness (QED) is 0.450. The van der Waals surface area contributed by atoms with Crippen molar-refractivity contribution in [2.24, 2.45) is 0 Å². The lowest BCUT2D eigenvalue weighted by Crippen LogP contribution is -2.91. The van der Waals surface area contributed by atoms with Gasteiger partial charge in [-0.2, -0.15) is 11.8 Å². The van der Waals surface area contributed by atoms with E-state index in [0.717, 1.165) is 116 Å². The van der Waals surface area contributed by atoms with Crippen LogP contribution in [0.5, 0.6) is 0 Å². The zero-order valence-corrected chi connectivity index (χ0v) is 26.0. The van der Waals surface area contributed by atoms with Crippen molar-refractivity contribution in [3.63, 3.8) is 0 Å². The Bertz CT molecular complexity index is 809. The summed E-state index contributed by atoms with van der Waals surface area (Å²) in [6.45, 7) is 15.1. The van der Waals surface area contributed by atoms with E-state index in [2.05, 4.69) is 46.9 Å². The molecule has 7 fully saturated rings. The van der Waals surface area contributed by atoms with Crippen LogP contribution in [0.25, 0.3) is 0 Å². The minimum Gasteiger partial charge on any atom is -0.379 e. The molecule has 0 saturated carbocycles. The van der Waals surface area contributed by atoms with Gasteiger partial charge in [-0.05, 0) is 25.7 Å². The van der Waals surface area contributed by atoms with Gasteiger partial charge >= 0.3 is 0 Å². The Hall–Kier alpha value is 0.300. The number of ether oxygens (including phenoxy) is 3. The Kier molecular flexibility index (Phi) is 9.24. The minimum atomic E-state index is -0.728. The van der Waals surface area contributed by atoms with Crippen LogP contribution >= 0.6 is 23.5 Å². The summed E-state index contributed by atoms with van der Waals surface area (Å²) in [5.41, 5.74) is -0.622. The number of piperazine rings is 1. The maximum absolute atomic E-state index is 8.24. The predicted octanol–water partition coefficient (Wildman–Crippen LogP) is 0.568. The van der Waals surface area contributed by atoms with Crippen molar-refractivity contribution in [3.8, 4) is 0 Å². The largest absolute Gasteiger partial charge is 0.379 e. The molecule has 7 aliphatic heterocycles. The van der Waals surface area contributed by atoms with E-state index in [4.69, 9.17) is 14.2 Å². The lowest BCUT2D eigenvalue weighted by Gasteiger charge is -2.70. The fraction of sp³-hybridized carbons (Fsp3) is 1.00. The second-order valence-corrected chi connectivity index (χ2v) is 14.8. The van der Waals surface area contributed by atoms with E-state index in [1.807, 2.05) is 11.8 Å². The Morgan fingerprint density at radius 1 is 0.625 bits per heavy atom. The lowest BCUT2D eigenvalue weighted by molar-refractivity contribution is -0.493. The van der Waals surface area contributed by atoms with E-state index < -0.39 is 17.4 Å². The molecule has 2 N–H and O–H groups in total. The SMILES string of the molecule is C1CCN(C2(N3CCCC3)COC(C3NCCS3)(N3CCSCC3)C(N3CCNCC3)(N3CCOCC3)O2)CC1. The standard InChI is InChI=1S/C28H51N7O3S2/c1-2-9-31(10-3-1)26(32-11-4-5-12-32)24-37-27(25-30-8-21-40-25,33-17-22-39-23-18-33)28(38-26,34-13-6-29-7-14-34)35-15-19-36-20-16-35/h25,29-30H,1-24H2. The van der Waals surface area contributed by atoms with E-state index in [9.17, 15) is 0 Å². The van der Waals surface area contributed by atoms with Gasteiger partial charge in [0.05, 0.1) is 13.2 Å². The molecule has 7 saturated heterocycles. The van der Waals surface area contributed by atoms with E-state index in [0.29, 0.717) is 6.61 Å². The highest BCUT2D eigenvalue weighted by Gasteiger charge is 2.74. The zero-order chi connectivity index (χ0) is 26.9. The summed E-state index contributed by atoms with van der Waals surface area (Å²) in [6, 6.07) is 0. The van der Waals surface area contributed by atoms with Crippen molar-refractivity contribution in [2.45, 2.75) is 54.9 Å². The average Bonchev–Trinajstić information content (AvgIpc) is 3.79. The topological polar surface area (TPSA) is 68.0 Å². The second-order valence-electron chi connectivity index (χ2n) is 12.3. The summed E-state index contributed by atoms with van der Waals surface area (Å²) in [5, 5.41) is 7.75. The van der Waals surface area contributed by atoms with Gasteiger partial charge in [-0.3, -0.25) is 24.5 Å². The first-order valence-corrected chi connectivity index (χ1v) is 18.3. The van der Waals surface area contributed by atoms with Gasteiger partial charge in [0.2, 0.25) is 17.4 Å². The number of morpholine rings is 1. The molecule has 228 valence electrons. The highest BCUT2D eigenvalue weighted by Crippen LogP contribution is 2.53. The van der Waals surface area contributed by atoms with Gasteiger partial charge in [0.15, 0.2) is 0 Å². The van der Waals surface area contributed by atoms with Gasteiger partial charge in [0, 0.05) is 102 Å². The number of likely N-dealkylation sites (tertiary alicyclic amines) is 2. The number of thioether (sulfide) groups is 2. The normalized spacial score (nSPS) is 42.5. The Morgan fingerprint density at radius 3 is 1.93 bits per heavy atom. The highest BCUT2D eigenvalue weighted by molar-refractivity contribution is 8.00. The van der Waals surface area contributed by atoms with Crippen LogP contribution in [-0.4, -0.2) is 169 Å². The van der Waals surface area contributed by atoms with Crippen molar-refractivity contribution in [1.82, 2.24) is 35.1 Å². The van der Waals surface area contributed by atoms with Gasteiger partial charge in [0.1, 0.15) is 12.0 Å². The zero-order valence-electron chi connectivity index (χ0n) is 24.3. The summed E-state index contributed by atoms with van der Waals surface area (Å²) >= 11 is 4.13. The van der Waals surface area contributed by atoms with E-state index in [1.165, 1.54) is 32.1 Å². The first-order valence-electron chi connectivity index (χ1n) is 16.1. The minimum absolute atomic E-state index is 0.145. The monoisotopic (exact) mass is 597 g/mol. The molecule has 0 radical (unpaired) electrons. The summed E-state index contributed by atoms with van der Waals surface area (Å²) < 4.78 is 22.0.